The molecule has 0 radical (unpaired) electrons. The molecule has 4 nitrogen and oxygen atoms in total. The highest BCUT2D eigenvalue weighted by molar-refractivity contribution is 9.10. The first-order valence-corrected chi connectivity index (χ1v) is 6.82. The average molecular weight is 348 g/mol. The predicted octanol–water partition coefficient (Wildman–Crippen LogP) is 3.17. The number of benzene rings is 1. The average Bonchev–Trinajstić information content (AvgIpc) is 2.44. The second-order valence-electron chi connectivity index (χ2n) is 5.14. The van der Waals surface area contributed by atoms with Crippen LogP contribution in [0.2, 0.25) is 0 Å². The fraction of sp³-hybridized carbons (Fsp3) is 0.533. The van der Waals surface area contributed by atoms with Crippen LogP contribution in [0, 0.1) is 5.41 Å². The Morgan fingerprint density at radius 3 is 2.40 bits per heavy atom. The Morgan fingerprint density at radius 1 is 1.30 bits per heavy atom. The van der Waals surface area contributed by atoms with Gasteiger partial charge >= 0.3 is 0 Å². The third kappa shape index (κ3) is 4.40. The molecule has 0 spiro atoms. The Balaban J connectivity index is 3.39. The number of ether oxygens (including phenoxy) is 2. The van der Waals surface area contributed by atoms with Crippen LogP contribution in [0.4, 0.5) is 0 Å². The molecule has 0 saturated heterocycles. The largest absolute Gasteiger partial charge is 0.496 e. The van der Waals surface area contributed by atoms with Crippen LogP contribution < -0.4 is 14.8 Å². The zero-order valence-corrected chi connectivity index (χ0v) is 13.8. The van der Waals surface area contributed by atoms with Crippen LogP contribution in [0.25, 0.3) is 0 Å². The maximum absolute atomic E-state index is 12.1. The van der Waals surface area contributed by atoms with Crippen molar-refractivity contribution in [1.29, 1.82) is 0 Å². The summed E-state index contributed by atoms with van der Waals surface area (Å²) < 4.78 is 43.6. The molecule has 0 aromatic heterocycles. The van der Waals surface area contributed by atoms with Crippen LogP contribution in [0.3, 0.4) is 0 Å². The molecule has 5 heteroatoms. The van der Waals surface area contributed by atoms with Crippen LogP contribution >= 0.6 is 15.9 Å². The van der Waals surface area contributed by atoms with Gasteiger partial charge in [0.25, 0.3) is 0 Å². The molecule has 112 valence electrons. The van der Waals surface area contributed by atoms with E-state index in [1.165, 1.54) is 26.4 Å². The molecule has 0 aliphatic heterocycles. The smallest absolute Gasteiger partial charge is 0.225 e. The molecule has 1 aromatic rings. The van der Waals surface area contributed by atoms with Crippen LogP contribution in [-0.2, 0) is 11.2 Å². The number of rotatable bonds is 5. The lowest BCUT2D eigenvalue weighted by Gasteiger charge is -2.18. The highest BCUT2D eigenvalue weighted by Crippen LogP contribution is 2.32. The number of methoxy groups -OCH3 is 2. The van der Waals surface area contributed by atoms with E-state index >= 15 is 0 Å². The zero-order chi connectivity index (χ0) is 18.9. The highest BCUT2D eigenvalue weighted by atomic mass is 79.9. The number of hydrogen-bond acceptors (Lipinski definition) is 3. The first-order valence-electron chi connectivity index (χ1n) is 8.02. The van der Waals surface area contributed by atoms with Crippen molar-refractivity contribution in [2.45, 2.75) is 27.1 Å². The Labute approximate surface area is 134 Å². The van der Waals surface area contributed by atoms with Crippen LogP contribution in [-0.4, -0.2) is 26.6 Å². The van der Waals surface area contributed by atoms with Gasteiger partial charge in [0.05, 0.1) is 18.7 Å². The van der Waals surface area contributed by atoms with Gasteiger partial charge in [-0.15, -0.1) is 0 Å². The minimum absolute atomic E-state index is 0.0655. The summed E-state index contributed by atoms with van der Waals surface area (Å²) >= 11 is 3.27. The van der Waals surface area contributed by atoms with Gasteiger partial charge < -0.3 is 14.8 Å². The molecular formula is C15H22BrNO3. The van der Waals surface area contributed by atoms with Crippen molar-refractivity contribution in [2.24, 2.45) is 5.41 Å². The second-order valence-corrected chi connectivity index (χ2v) is 6.00. The number of halogens is 1. The van der Waals surface area contributed by atoms with E-state index in [4.69, 9.17) is 15.0 Å². The first-order chi connectivity index (χ1) is 10.8. The lowest BCUT2D eigenvalue weighted by atomic mass is 9.95. The van der Waals surface area contributed by atoms with Gasteiger partial charge in [-0.05, 0) is 40.0 Å². The van der Waals surface area contributed by atoms with Gasteiger partial charge in [0.15, 0.2) is 0 Å². The number of nitrogens with one attached hydrogen (secondary N) is 1. The molecule has 1 N–H and O–H groups in total. The van der Waals surface area contributed by atoms with E-state index < -0.39 is 24.2 Å². The minimum atomic E-state index is -2.66. The fourth-order valence-electron chi connectivity index (χ4n) is 1.30. The summed E-state index contributed by atoms with van der Waals surface area (Å²) in [6.07, 6.45) is -2.56. The van der Waals surface area contributed by atoms with Gasteiger partial charge in [-0.3, -0.25) is 4.79 Å². The molecule has 1 amide bonds. The van der Waals surface area contributed by atoms with Crippen molar-refractivity contribution in [1.82, 2.24) is 5.32 Å². The molecule has 0 bridgehead atoms. The maximum atomic E-state index is 12.1. The topological polar surface area (TPSA) is 47.6 Å². The second kappa shape index (κ2) is 6.97. The summed E-state index contributed by atoms with van der Waals surface area (Å²) in [4.78, 5) is 12.1. The van der Waals surface area contributed by atoms with Gasteiger partial charge in [0.1, 0.15) is 11.5 Å². The fourth-order valence-corrected chi connectivity index (χ4v) is 1.79. The normalized spacial score (nSPS) is 15.5. The molecule has 0 atom stereocenters. The van der Waals surface area contributed by atoms with E-state index in [2.05, 4.69) is 21.2 Å². The van der Waals surface area contributed by atoms with Crippen molar-refractivity contribution in [2.75, 3.05) is 20.7 Å². The summed E-state index contributed by atoms with van der Waals surface area (Å²) in [6, 6.07) is 2.84. The lowest BCUT2D eigenvalue weighted by Crippen LogP contribution is -2.35. The number of aryl methyl sites for hydroxylation is 1. The van der Waals surface area contributed by atoms with Crippen molar-refractivity contribution in [3.05, 3.63) is 22.2 Å². The van der Waals surface area contributed by atoms with Crippen molar-refractivity contribution in [3.8, 4) is 11.5 Å². The van der Waals surface area contributed by atoms with Gasteiger partial charge in [0.2, 0.25) is 5.91 Å². The van der Waals surface area contributed by atoms with Crippen molar-refractivity contribution < 1.29 is 19.8 Å². The van der Waals surface area contributed by atoms with Crippen molar-refractivity contribution in [3.63, 3.8) is 0 Å². The van der Waals surface area contributed by atoms with Crippen LogP contribution in [0.1, 0.15) is 31.8 Å². The quantitative estimate of drug-likeness (QED) is 0.889. The highest BCUT2D eigenvalue weighted by Gasteiger charge is 2.20. The summed E-state index contributed by atoms with van der Waals surface area (Å²) in [5.41, 5.74) is -0.922. The van der Waals surface area contributed by atoms with Gasteiger partial charge in [-0.1, -0.05) is 20.8 Å². The summed E-state index contributed by atoms with van der Waals surface area (Å²) in [5, 5.41) is 2.15. The molecular weight excluding hydrogens is 322 g/mol. The number of carbonyl (C=O) groups is 1. The summed E-state index contributed by atoms with van der Waals surface area (Å²) in [5.74, 6) is -0.131. The molecule has 1 rings (SSSR count). The third-order valence-electron chi connectivity index (χ3n) is 2.53. The lowest BCUT2D eigenvalue weighted by molar-refractivity contribution is -0.128. The van der Waals surface area contributed by atoms with Gasteiger partial charge in [-0.2, -0.15) is 0 Å². The van der Waals surface area contributed by atoms with E-state index in [9.17, 15) is 4.79 Å². The zero-order valence-electron chi connectivity index (χ0n) is 16.3. The van der Waals surface area contributed by atoms with E-state index in [0.717, 1.165) is 0 Å². The number of amides is 1. The Bertz CT molecular complexity index is 630. The maximum Gasteiger partial charge on any atom is 0.225 e. The molecule has 1 aromatic carbocycles. The summed E-state index contributed by atoms with van der Waals surface area (Å²) in [6.45, 7) is 2.20. The molecule has 0 fully saturated rings. The monoisotopic (exact) mass is 347 g/mol. The van der Waals surface area contributed by atoms with Crippen LogP contribution in [0.15, 0.2) is 16.6 Å². The molecule has 0 aliphatic carbocycles. The van der Waals surface area contributed by atoms with Gasteiger partial charge in [-0.25, -0.2) is 0 Å². The van der Waals surface area contributed by atoms with Gasteiger partial charge in [0, 0.05) is 17.4 Å². The summed E-state index contributed by atoms with van der Waals surface area (Å²) in [7, 11) is 2.78. The molecule has 0 aliphatic rings. The van der Waals surface area contributed by atoms with Crippen molar-refractivity contribution >= 4 is 21.8 Å². The third-order valence-corrected chi connectivity index (χ3v) is 3.15. The number of carbonyl (C=O) groups excluding carboxylic acids is 1. The molecule has 0 saturated carbocycles. The van der Waals surface area contributed by atoms with Crippen LogP contribution in [0.5, 0.6) is 11.5 Å². The van der Waals surface area contributed by atoms with E-state index in [1.54, 1.807) is 20.8 Å². The Hall–Kier alpha value is -1.23. The molecule has 20 heavy (non-hydrogen) atoms. The standard InChI is InChI=1S/C15H22BrNO3/c1-15(2,3)14(18)17-7-6-10-8-13(20-5)11(16)9-12(10)19-4/h8-9H,6-7H2,1-5H3,(H,17,18)/i6D2,7D2. The molecule has 0 unspecified atom stereocenters. The van der Waals surface area contributed by atoms with E-state index in [-0.39, 0.29) is 11.3 Å². The Morgan fingerprint density at radius 2 is 1.90 bits per heavy atom. The van der Waals surface area contributed by atoms with E-state index in [1.807, 2.05) is 0 Å². The first kappa shape index (κ1) is 11.4. The van der Waals surface area contributed by atoms with E-state index in [0.29, 0.717) is 10.2 Å². The SMILES string of the molecule is [2H]C([2H])(NC(=O)C(C)(C)C)C([2H])([2H])c1cc(OC)c(Br)cc1OC. The predicted molar refractivity (Wildman–Crippen MR) is 83.4 cm³/mol. The molecule has 0 heterocycles. The Kier molecular flexibility index (Phi) is 3.99. The number of hydrogen-bond donors (Lipinski definition) is 1. The minimum Gasteiger partial charge on any atom is -0.496 e.